The fourth-order valence-corrected chi connectivity index (χ4v) is 3.00. The molecule has 0 spiro atoms. The highest BCUT2D eigenvalue weighted by atomic mass is 79.9. The van der Waals surface area contributed by atoms with Crippen LogP contribution >= 0.6 is 15.9 Å². The highest BCUT2D eigenvalue weighted by molar-refractivity contribution is 9.10. The number of carbonyl (C=O) groups excluding carboxylic acids is 1. The van der Waals surface area contributed by atoms with Crippen LogP contribution in [0, 0.1) is 0 Å². The molecule has 0 aliphatic carbocycles. The summed E-state index contributed by atoms with van der Waals surface area (Å²) in [5.41, 5.74) is 1.39. The Morgan fingerprint density at radius 3 is 2.69 bits per heavy atom. The van der Waals surface area contributed by atoms with Crippen LogP contribution in [0.25, 0.3) is 6.08 Å². The molecule has 0 atom stereocenters. The lowest BCUT2D eigenvalue weighted by Gasteiger charge is -2.12. The fraction of sp³-hybridized carbons (Fsp3) is 0.286. The molecule has 1 heterocycles. The number of carbonyl (C=O) groups is 1. The summed E-state index contributed by atoms with van der Waals surface area (Å²) < 4.78 is 18.0. The van der Waals surface area contributed by atoms with E-state index in [1.54, 1.807) is 18.2 Å². The first kappa shape index (κ1) is 18.5. The SMILES string of the molecule is CCCCOc1ccc(/C=C2\Oc3ccc(Br)cc3C2=O)cc1OCC. The van der Waals surface area contributed by atoms with Crippen molar-refractivity contribution in [3.8, 4) is 17.2 Å². The topological polar surface area (TPSA) is 44.8 Å². The van der Waals surface area contributed by atoms with Gasteiger partial charge in [0.25, 0.3) is 0 Å². The average Bonchev–Trinajstić information content (AvgIpc) is 2.93. The molecule has 3 rings (SSSR count). The number of allylic oxidation sites excluding steroid dienone is 1. The molecule has 0 saturated carbocycles. The smallest absolute Gasteiger partial charge is 0.232 e. The fourth-order valence-electron chi connectivity index (χ4n) is 2.64. The predicted molar refractivity (Wildman–Crippen MR) is 105 cm³/mol. The van der Waals surface area contributed by atoms with E-state index in [1.807, 2.05) is 31.2 Å². The first-order chi connectivity index (χ1) is 12.6. The normalized spacial score (nSPS) is 14.3. The summed E-state index contributed by atoms with van der Waals surface area (Å²) in [5.74, 6) is 2.15. The summed E-state index contributed by atoms with van der Waals surface area (Å²) >= 11 is 3.38. The van der Waals surface area contributed by atoms with Crippen LogP contribution < -0.4 is 14.2 Å². The molecule has 2 aromatic rings. The zero-order chi connectivity index (χ0) is 18.5. The van der Waals surface area contributed by atoms with Gasteiger partial charge in [-0.3, -0.25) is 4.79 Å². The van der Waals surface area contributed by atoms with E-state index < -0.39 is 0 Å². The van der Waals surface area contributed by atoms with Gasteiger partial charge in [-0.05, 0) is 55.3 Å². The summed E-state index contributed by atoms with van der Waals surface area (Å²) in [4.78, 5) is 12.5. The van der Waals surface area contributed by atoms with Gasteiger partial charge in [0.2, 0.25) is 5.78 Å². The number of fused-ring (bicyclic) bond motifs is 1. The lowest BCUT2D eigenvalue weighted by molar-refractivity contribution is 0.101. The number of hydrogen-bond acceptors (Lipinski definition) is 4. The van der Waals surface area contributed by atoms with Gasteiger partial charge in [0, 0.05) is 4.47 Å². The van der Waals surface area contributed by atoms with Crippen LogP contribution in [0.5, 0.6) is 17.2 Å². The average molecular weight is 417 g/mol. The van der Waals surface area contributed by atoms with E-state index in [1.165, 1.54) is 0 Å². The van der Waals surface area contributed by atoms with E-state index in [2.05, 4.69) is 22.9 Å². The molecule has 26 heavy (non-hydrogen) atoms. The molecule has 1 aliphatic rings. The summed E-state index contributed by atoms with van der Waals surface area (Å²) in [7, 11) is 0. The number of ether oxygens (including phenoxy) is 3. The van der Waals surface area contributed by atoms with E-state index in [0.717, 1.165) is 22.9 Å². The highest BCUT2D eigenvalue weighted by Gasteiger charge is 2.27. The largest absolute Gasteiger partial charge is 0.490 e. The van der Waals surface area contributed by atoms with Gasteiger partial charge in [-0.1, -0.05) is 35.3 Å². The summed E-state index contributed by atoms with van der Waals surface area (Å²) in [5, 5.41) is 0. The molecule has 0 N–H and O–H groups in total. The van der Waals surface area contributed by atoms with Crippen molar-refractivity contribution in [2.75, 3.05) is 13.2 Å². The lowest BCUT2D eigenvalue weighted by Crippen LogP contribution is -2.01. The second-order valence-corrected chi connectivity index (χ2v) is 6.84. The standard InChI is InChI=1S/C21H21BrO4/c1-3-5-10-25-18-8-6-14(11-19(18)24-4-2)12-20-21(23)16-13-15(22)7-9-17(16)26-20/h6-9,11-13H,3-5,10H2,1-2H3/b20-12-. The number of rotatable bonds is 7. The number of benzene rings is 2. The van der Waals surface area contributed by atoms with E-state index in [-0.39, 0.29) is 5.78 Å². The second kappa shape index (κ2) is 8.41. The molecule has 0 unspecified atom stereocenters. The first-order valence-electron chi connectivity index (χ1n) is 8.75. The van der Waals surface area contributed by atoms with E-state index in [4.69, 9.17) is 14.2 Å². The van der Waals surface area contributed by atoms with Gasteiger partial charge in [-0.25, -0.2) is 0 Å². The number of halogens is 1. The van der Waals surface area contributed by atoms with Crippen molar-refractivity contribution in [1.29, 1.82) is 0 Å². The lowest BCUT2D eigenvalue weighted by atomic mass is 10.1. The monoisotopic (exact) mass is 416 g/mol. The van der Waals surface area contributed by atoms with Crippen LogP contribution in [0.2, 0.25) is 0 Å². The first-order valence-corrected chi connectivity index (χ1v) is 9.55. The maximum absolute atomic E-state index is 12.5. The molecule has 0 bridgehead atoms. The Balaban J connectivity index is 1.84. The molecule has 1 aliphatic heterocycles. The molecule has 0 aromatic heterocycles. The zero-order valence-electron chi connectivity index (χ0n) is 14.9. The van der Waals surface area contributed by atoms with Crippen LogP contribution in [0.1, 0.15) is 42.6 Å². The Hall–Kier alpha value is -2.27. The Morgan fingerprint density at radius 1 is 1.08 bits per heavy atom. The van der Waals surface area contributed by atoms with E-state index in [9.17, 15) is 4.79 Å². The molecular formula is C21H21BrO4. The maximum atomic E-state index is 12.5. The van der Waals surface area contributed by atoms with Crippen LogP contribution in [0.15, 0.2) is 46.6 Å². The van der Waals surface area contributed by atoms with E-state index >= 15 is 0 Å². The second-order valence-electron chi connectivity index (χ2n) is 5.92. The van der Waals surface area contributed by atoms with Gasteiger partial charge in [0.1, 0.15) is 5.75 Å². The molecule has 0 amide bonds. The maximum Gasteiger partial charge on any atom is 0.232 e. The third kappa shape index (κ3) is 4.10. The zero-order valence-corrected chi connectivity index (χ0v) is 16.5. The Bertz CT molecular complexity index is 842. The Kier molecular flexibility index (Phi) is 5.99. The van der Waals surface area contributed by atoms with E-state index in [0.29, 0.717) is 41.8 Å². The van der Waals surface area contributed by atoms with Gasteiger partial charge < -0.3 is 14.2 Å². The number of hydrogen-bond donors (Lipinski definition) is 0. The van der Waals surface area contributed by atoms with Gasteiger partial charge in [-0.2, -0.15) is 0 Å². The molecule has 2 aromatic carbocycles. The van der Waals surface area contributed by atoms with Crippen molar-refractivity contribution in [2.45, 2.75) is 26.7 Å². The van der Waals surface area contributed by atoms with Crippen LogP contribution in [-0.4, -0.2) is 19.0 Å². The van der Waals surface area contributed by atoms with Gasteiger partial charge in [0.15, 0.2) is 17.3 Å². The number of Topliss-reactive ketones (excluding diaryl/α,β-unsaturated/α-hetero) is 1. The summed E-state index contributed by atoms with van der Waals surface area (Å²) in [6.07, 6.45) is 3.80. The molecule has 0 radical (unpaired) electrons. The minimum atomic E-state index is -0.123. The van der Waals surface area contributed by atoms with Crippen molar-refractivity contribution in [3.05, 3.63) is 57.8 Å². The highest BCUT2D eigenvalue weighted by Crippen LogP contribution is 2.35. The molecule has 0 saturated heterocycles. The Morgan fingerprint density at radius 2 is 1.92 bits per heavy atom. The van der Waals surface area contributed by atoms with Crippen molar-refractivity contribution >= 4 is 27.8 Å². The quantitative estimate of drug-likeness (QED) is 0.432. The van der Waals surface area contributed by atoms with Gasteiger partial charge in [0.05, 0.1) is 18.8 Å². The summed E-state index contributed by atoms with van der Waals surface area (Å²) in [6, 6.07) is 11.0. The third-order valence-corrected chi connectivity index (χ3v) is 4.44. The number of ketones is 1. The molecule has 4 nitrogen and oxygen atoms in total. The van der Waals surface area contributed by atoms with Crippen molar-refractivity contribution in [1.82, 2.24) is 0 Å². The van der Waals surface area contributed by atoms with Crippen LogP contribution in [0.4, 0.5) is 0 Å². The predicted octanol–water partition coefficient (Wildman–Crippen LogP) is 5.64. The minimum absolute atomic E-state index is 0.123. The van der Waals surface area contributed by atoms with Gasteiger partial charge >= 0.3 is 0 Å². The van der Waals surface area contributed by atoms with Crippen molar-refractivity contribution < 1.29 is 19.0 Å². The molecule has 5 heteroatoms. The molecule has 136 valence electrons. The molecule has 0 fully saturated rings. The minimum Gasteiger partial charge on any atom is -0.490 e. The van der Waals surface area contributed by atoms with Crippen molar-refractivity contribution in [3.63, 3.8) is 0 Å². The number of unbranched alkanes of at least 4 members (excludes halogenated alkanes) is 1. The van der Waals surface area contributed by atoms with Crippen molar-refractivity contribution in [2.24, 2.45) is 0 Å². The third-order valence-electron chi connectivity index (χ3n) is 3.95. The van der Waals surface area contributed by atoms with Crippen LogP contribution in [-0.2, 0) is 0 Å². The van der Waals surface area contributed by atoms with Crippen LogP contribution in [0.3, 0.4) is 0 Å². The molecular weight excluding hydrogens is 396 g/mol. The Labute approximate surface area is 161 Å². The van der Waals surface area contributed by atoms with Gasteiger partial charge in [-0.15, -0.1) is 0 Å². The summed E-state index contributed by atoms with van der Waals surface area (Å²) in [6.45, 7) is 5.25.